The summed E-state index contributed by atoms with van der Waals surface area (Å²) in [7, 11) is 0. The molecule has 0 saturated heterocycles. The molecule has 1 aliphatic rings. The smallest absolute Gasteiger partial charge is 0.253 e. The zero-order valence-corrected chi connectivity index (χ0v) is 15.9. The van der Waals surface area contributed by atoms with E-state index in [-0.39, 0.29) is 18.4 Å². The van der Waals surface area contributed by atoms with Crippen LogP contribution >= 0.6 is 0 Å². The number of H-pyrrole nitrogens is 1. The van der Waals surface area contributed by atoms with Gasteiger partial charge in [-0.05, 0) is 37.5 Å². The number of hydrogen-bond donors (Lipinski definition) is 4. The standard InChI is InChI=1S/C21H29N3O3/c1-14-8-9-16(19-13-17(10-11-25)23-24-19)12-18(14)21(27)22-20(26)15-6-4-2-3-5-7-15/h8-9,12-13,15,20,25-26H,2-7,10-11H2,1H3,(H,22,27)(H,23,24). The monoisotopic (exact) mass is 371 g/mol. The Balaban J connectivity index is 1.73. The average molecular weight is 371 g/mol. The lowest BCUT2D eigenvalue weighted by atomic mass is 9.97. The second-order valence-corrected chi connectivity index (χ2v) is 7.45. The van der Waals surface area contributed by atoms with E-state index < -0.39 is 6.23 Å². The van der Waals surface area contributed by atoms with Gasteiger partial charge >= 0.3 is 0 Å². The van der Waals surface area contributed by atoms with E-state index in [4.69, 9.17) is 5.11 Å². The molecule has 0 spiro atoms. The molecular weight excluding hydrogens is 342 g/mol. The molecule has 1 heterocycles. The summed E-state index contributed by atoms with van der Waals surface area (Å²) >= 11 is 0. The van der Waals surface area contributed by atoms with Gasteiger partial charge < -0.3 is 15.5 Å². The number of rotatable bonds is 6. The average Bonchev–Trinajstić information content (AvgIpc) is 2.95. The first kappa shape index (κ1) is 19.6. The van der Waals surface area contributed by atoms with Gasteiger partial charge in [-0.25, -0.2) is 0 Å². The Morgan fingerprint density at radius 2 is 2.00 bits per heavy atom. The molecule has 6 heteroatoms. The highest BCUT2D eigenvalue weighted by molar-refractivity contribution is 5.96. The molecule has 1 aromatic carbocycles. The Labute approximate surface area is 160 Å². The third-order valence-electron chi connectivity index (χ3n) is 5.42. The van der Waals surface area contributed by atoms with Crippen LogP contribution in [0.25, 0.3) is 11.3 Å². The Bertz CT molecular complexity index is 764. The maximum atomic E-state index is 12.8. The van der Waals surface area contributed by atoms with E-state index in [0.717, 1.165) is 48.2 Å². The van der Waals surface area contributed by atoms with Crippen LogP contribution in [0.5, 0.6) is 0 Å². The SMILES string of the molecule is Cc1ccc(-c2cc(CCO)n[nH]2)cc1C(=O)NC(O)C1CCCCCC1. The molecule has 146 valence electrons. The molecule has 4 N–H and O–H groups in total. The molecule has 1 fully saturated rings. The summed E-state index contributed by atoms with van der Waals surface area (Å²) in [6.45, 7) is 1.94. The number of nitrogens with one attached hydrogen (secondary N) is 2. The number of amides is 1. The topological polar surface area (TPSA) is 98.2 Å². The summed E-state index contributed by atoms with van der Waals surface area (Å²) < 4.78 is 0. The molecule has 1 saturated carbocycles. The van der Waals surface area contributed by atoms with Gasteiger partial charge in [0.2, 0.25) is 0 Å². The summed E-state index contributed by atoms with van der Waals surface area (Å²) in [4.78, 5) is 12.8. The predicted molar refractivity (Wildman–Crippen MR) is 104 cm³/mol. The van der Waals surface area contributed by atoms with Crippen molar-refractivity contribution in [1.82, 2.24) is 15.5 Å². The van der Waals surface area contributed by atoms with Gasteiger partial charge in [0.05, 0.1) is 11.4 Å². The van der Waals surface area contributed by atoms with Crippen molar-refractivity contribution in [3.63, 3.8) is 0 Å². The highest BCUT2D eigenvalue weighted by Gasteiger charge is 2.23. The number of aliphatic hydroxyl groups is 2. The predicted octanol–water partition coefficient (Wildman–Crippen LogP) is 2.94. The van der Waals surface area contributed by atoms with Gasteiger partial charge in [0, 0.05) is 30.1 Å². The zero-order valence-electron chi connectivity index (χ0n) is 15.9. The van der Waals surface area contributed by atoms with E-state index in [1.165, 1.54) is 12.8 Å². The summed E-state index contributed by atoms with van der Waals surface area (Å²) in [6.07, 6.45) is 6.25. The zero-order chi connectivity index (χ0) is 19.2. The van der Waals surface area contributed by atoms with E-state index in [0.29, 0.717) is 12.0 Å². The van der Waals surface area contributed by atoms with Crippen LogP contribution in [0, 0.1) is 12.8 Å². The summed E-state index contributed by atoms with van der Waals surface area (Å²) in [5.41, 5.74) is 3.85. The van der Waals surface area contributed by atoms with E-state index in [2.05, 4.69) is 15.5 Å². The number of nitrogens with zero attached hydrogens (tertiary/aromatic N) is 1. The van der Waals surface area contributed by atoms with E-state index >= 15 is 0 Å². The first-order valence-corrected chi connectivity index (χ1v) is 9.83. The van der Waals surface area contributed by atoms with Crippen molar-refractivity contribution in [2.24, 2.45) is 5.92 Å². The minimum absolute atomic E-state index is 0.0465. The van der Waals surface area contributed by atoms with E-state index in [1.807, 2.05) is 31.2 Å². The maximum Gasteiger partial charge on any atom is 0.253 e. The van der Waals surface area contributed by atoms with Crippen molar-refractivity contribution in [1.29, 1.82) is 0 Å². The fourth-order valence-corrected chi connectivity index (χ4v) is 3.74. The van der Waals surface area contributed by atoms with Gasteiger partial charge in [0.1, 0.15) is 6.23 Å². The molecule has 1 aromatic heterocycles. The van der Waals surface area contributed by atoms with Crippen LogP contribution in [0.3, 0.4) is 0 Å². The van der Waals surface area contributed by atoms with Crippen LogP contribution in [-0.4, -0.2) is 39.2 Å². The van der Waals surface area contributed by atoms with Crippen molar-refractivity contribution in [2.45, 2.75) is 58.1 Å². The Morgan fingerprint density at radius 3 is 2.70 bits per heavy atom. The van der Waals surface area contributed by atoms with Gasteiger partial charge in [-0.3, -0.25) is 9.89 Å². The van der Waals surface area contributed by atoms with Crippen molar-refractivity contribution < 1.29 is 15.0 Å². The minimum atomic E-state index is -0.804. The van der Waals surface area contributed by atoms with Gasteiger partial charge in [-0.2, -0.15) is 5.10 Å². The summed E-state index contributed by atoms with van der Waals surface area (Å²) in [5.74, 6) is -0.116. The fraction of sp³-hybridized carbons (Fsp3) is 0.524. The second-order valence-electron chi connectivity index (χ2n) is 7.45. The van der Waals surface area contributed by atoms with Crippen molar-refractivity contribution in [3.8, 4) is 11.3 Å². The van der Waals surface area contributed by atoms with Crippen LogP contribution < -0.4 is 5.32 Å². The highest BCUT2D eigenvalue weighted by atomic mass is 16.3. The Hall–Kier alpha value is -2.18. The number of aliphatic hydroxyl groups excluding tert-OH is 2. The molecule has 0 aliphatic heterocycles. The normalized spacial score (nSPS) is 16.7. The van der Waals surface area contributed by atoms with Gasteiger partial charge in [-0.15, -0.1) is 0 Å². The molecule has 1 amide bonds. The number of aryl methyl sites for hydroxylation is 1. The summed E-state index contributed by atoms with van der Waals surface area (Å²) in [5, 5.41) is 29.4. The van der Waals surface area contributed by atoms with E-state index in [9.17, 15) is 9.90 Å². The molecule has 0 bridgehead atoms. The van der Waals surface area contributed by atoms with Crippen LogP contribution in [0.2, 0.25) is 0 Å². The lowest BCUT2D eigenvalue weighted by molar-refractivity contribution is 0.0531. The first-order valence-electron chi connectivity index (χ1n) is 9.83. The number of aromatic amines is 1. The molecular formula is C21H29N3O3. The first-order chi connectivity index (χ1) is 13.1. The van der Waals surface area contributed by atoms with Crippen molar-refractivity contribution in [3.05, 3.63) is 41.1 Å². The minimum Gasteiger partial charge on any atom is -0.396 e. The Morgan fingerprint density at radius 1 is 1.26 bits per heavy atom. The van der Waals surface area contributed by atoms with Gasteiger partial charge in [-0.1, -0.05) is 37.8 Å². The third-order valence-corrected chi connectivity index (χ3v) is 5.42. The van der Waals surface area contributed by atoms with Crippen LogP contribution in [0.4, 0.5) is 0 Å². The molecule has 1 aliphatic carbocycles. The molecule has 2 aromatic rings. The van der Waals surface area contributed by atoms with Crippen LogP contribution in [0.15, 0.2) is 24.3 Å². The number of carbonyl (C=O) groups excluding carboxylic acids is 1. The molecule has 0 radical (unpaired) electrons. The largest absolute Gasteiger partial charge is 0.396 e. The number of carbonyl (C=O) groups is 1. The Kier molecular flexibility index (Phi) is 6.63. The lowest BCUT2D eigenvalue weighted by Crippen LogP contribution is -2.40. The van der Waals surface area contributed by atoms with Gasteiger partial charge in [0.15, 0.2) is 0 Å². The third kappa shape index (κ3) is 4.96. The van der Waals surface area contributed by atoms with E-state index in [1.54, 1.807) is 0 Å². The quantitative estimate of drug-likeness (QED) is 0.463. The van der Waals surface area contributed by atoms with Crippen LogP contribution in [-0.2, 0) is 6.42 Å². The van der Waals surface area contributed by atoms with Gasteiger partial charge in [0.25, 0.3) is 5.91 Å². The maximum absolute atomic E-state index is 12.8. The van der Waals surface area contributed by atoms with Crippen molar-refractivity contribution >= 4 is 5.91 Å². The fourth-order valence-electron chi connectivity index (χ4n) is 3.74. The second kappa shape index (κ2) is 9.15. The molecule has 1 atom stereocenters. The van der Waals surface area contributed by atoms with Crippen molar-refractivity contribution in [2.75, 3.05) is 6.61 Å². The number of aromatic nitrogens is 2. The number of hydrogen-bond acceptors (Lipinski definition) is 4. The molecule has 3 rings (SSSR count). The summed E-state index contributed by atoms with van der Waals surface area (Å²) in [6, 6.07) is 7.53. The molecule has 27 heavy (non-hydrogen) atoms. The van der Waals surface area contributed by atoms with Crippen LogP contribution in [0.1, 0.15) is 60.1 Å². The lowest BCUT2D eigenvalue weighted by Gasteiger charge is -2.22. The molecule has 6 nitrogen and oxygen atoms in total. The molecule has 1 unspecified atom stereocenters. The number of benzene rings is 1. The highest BCUT2D eigenvalue weighted by Crippen LogP contribution is 2.26.